The summed E-state index contributed by atoms with van der Waals surface area (Å²) in [4.78, 5) is 18.3. The minimum absolute atomic E-state index is 0.509. The maximum atomic E-state index is 10.4. The van der Waals surface area contributed by atoms with Crippen molar-refractivity contribution in [3.63, 3.8) is 0 Å². The topological polar surface area (TPSA) is 42.9 Å². The van der Waals surface area contributed by atoms with Crippen molar-refractivity contribution < 1.29 is 4.79 Å². The van der Waals surface area contributed by atoms with Gasteiger partial charge in [0.2, 0.25) is 6.29 Å². The quantitative estimate of drug-likeness (QED) is 0.626. The van der Waals surface area contributed by atoms with Gasteiger partial charge in [0.25, 0.3) is 0 Å². The molecule has 1 aromatic rings. The average Bonchev–Trinajstić information content (AvgIpc) is 2.06. The third-order valence-electron chi connectivity index (χ3n) is 1.38. The summed E-state index contributed by atoms with van der Waals surface area (Å²) in [5.74, 6) is 0.509. The summed E-state index contributed by atoms with van der Waals surface area (Å²) in [5, 5.41) is 0. The van der Waals surface area contributed by atoms with Crippen molar-refractivity contribution in [1.82, 2.24) is 9.97 Å². The van der Waals surface area contributed by atoms with E-state index in [0.29, 0.717) is 5.82 Å². The van der Waals surface area contributed by atoms with Crippen LogP contribution in [0.3, 0.4) is 0 Å². The van der Waals surface area contributed by atoms with Crippen molar-refractivity contribution in [1.29, 1.82) is 0 Å². The van der Waals surface area contributed by atoms with Crippen molar-refractivity contribution in [2.24, 2.45) is 0 Å². The van der Waals surface area contributed by atoms with Crippen LogP contribution in [0.2, 0.25) is 0 Å². The van der Waals surface area contributed by atoms with Gasteiger partial charge in [-0.1, -0.05) is 0 Å². The summed E-state index contributed by atoms with van der Waals surface area (Å²) in [6, 6.07) is 1.71. The van der Waals surface area contributed by atoms with Crippen molar-refractivity contribution in [3.8, 4) is 0 Å². The molecule has 0 N–H and O–H groups in total. The van der Waals surface area contributed by atoms with E-state index < -0.39 is 5.41 Å². The first-order chi connectivity index (χ1) is 5.17. The number of rotatable bonds is 2. The second kappa shape index (κ2) is 2.78. The molecule has 1 radical (unpaired) electrons. The highest BCUT2D eigenvalue weighted by atomic mass is 16.1. The number of hydrogen-bond acceptors (Lipinski definition) is 3. The molecule has 11 heavy (non-hydrogen) atoms. The smallest absolute Gasteiger partial charge is 0.212 e. The lowest BCUT2D eigenvalue weighted by Crippen LogP contribution is -2.21. The molecule has 57 valence electrons. The standard InChI is InChI=1S/C8H9N2O/c1-8(2,6-11)7-9-4-3-5-10-7/h3-5H,1-2H3. The molecule has 0 aliphatic carbocycles. The molecule has 1 aromatic heterocycles. The fourth-order valence-corrected chi connectivity index (χ4v) is 0.667. The van der Waals surface area contributed by atoms with Crippen molar-refractivity contribution in [2.75, 3.05) is 0 Å². The Bertz CT molecular complexity index is 244. The molecule has 0 saturated heterocycles. The van der Waals surface area contributed by atoms with Crippen LogP contribution < -0.4 is 0 Å². The van der Waals surface area contributed by atoms with E-state index >= 15 is 0 Å². The largest absolute Gasteiger partial charge is 0.290 e. The molecule has 1 rings (SSSR count). The molecule has 0 atom stereocenters. The number of nitrogens with zero attached hydrogens (tertiary/aromatic N) is 2. The molecule has 0 aromatic carbocycles. The Kier molecular flexibility index (Phi) is 1.98. The highest BCUT2D eigenvalue weighted by Gasteiger charge is 2.23. The Morgan fingerprint density at radius 3 is 2.36 bits per heavy atom. The van der Waals surface area contributed by atoms with Gasteiger partial charge in [-0.3, -0.25) is 4.79 Å². The minimum atomic E-state index is -0.693. The normalized spacial score (nSPS) is 11.1. The van der Waals surface area contributed by atoms with Crippen molar-refractivity contribution >= 4 is 6.29 Å². The Morgan fingerprint density at radius 2 is 1.91 bits per heavy atom. The van der Waals surface area contributed by atoms with Gasteiger partial charge in [-0.15, -0.1) is 0 Å². The summed E-state index contributed by atoms with van der Waals surface area (Å²) >= 11 is 0. The van der Waals surface area contributed by atoms with Crippen LogP contribution in [-0.4, -0.2) is 16.3 Å². The van der Waals surface area contributed by atoms with Crippen LogP contribution in [0, 0.1) is 0 Å². The van der Waals surface area contributed by atoms with Gasteiger partial charge < -0.3 is 0 Å². The maximum Gasteiger partial charge on any atom is 0.212 e. The zero-order valence-corrected chi connectivity index (χ0v) is 6.53. The van der Waals surface area contributed by atoms with Crippen LogP contribution in [0.4, 0.5) is 0 Å². The molecule has 0 bridgehead atoms. The molecular weight excluding hydrogens is 140 g/mol. The number of carbonyl (C=O) groups excluding carboxylic acids is 1. The molecule has 0 amide bonds. The second-order valence-electron chi connectivity index (χ2n) is 2.80. The monoisotopic (exact) mass is 149 g/mol. The molecule has 0 spiro atoms. The minimum Gasteiger partial charge on any atom is -0.290 e. The maximum absolute atomic E-state index is 10.4. The van der Waals surface area contributed by atoms with E-state index in [-0.39, 0.29) is 0 Å². The van der Waals surface area contributed by atoms with Gasteiger partial charge in [0.05, 0.1) is 5.41 Å². The number of aromatic nitrogens is 2. The van der Waals surface area contributed by atoms with Crippen LogP contribution in [0.15, 0.2) is 18.5 Å². The van der Waals surface area contributed by atoms with Crippen LogP contribution in [0.25, 0.3) is 0 Å². The highest BCUT2D eigenvalue weighted by molar-refractivity contribution is 5.65. The zero-order chi connectivity index (χ0) is 8.32. The number of hydrogen-bond donors (Lipinski definition) is 0. The molecule has 0 unspecified atom stereocenters. The van der Waals surface area contributed by atoms with E-state index in [1.54, 1.807) is 32.3 Å². The van der Waals surface area contributed by atoms with Gasteiger partial charge in [0.15, 0.2) is 0 Å². The van der Waals surface area contributed by atoms with Gasteiger partial charge >= 0.3 is 0 Å². The van der Waals surface area contributed by atoms with Gasteiger partial charge in [-0.25, -0.2) is 9.97 Å². The van der Waals surface area contributed by atoms with Crippen molar-refractivity contribution in [2.45, 2.75) is 19.3 Å². The predicted octanol–water partition coefficient (Wildman–Crippen LogP) is 0.864. The van der Waals surface area contributed by atoms with Crippen LogP contribution in [0.5, 0.6) is 0 Å². The van der Waals surface area contributed by atoms with E-state index in [0.717, 1.165) is 0 Å². The van der Waals surface area contributed by atoms with E-state index in [4.69, 9.17) is 0 Å². The van der Waals surface area contributed by atoms with Crippen LogP contribution >= 0.6 is 0 Å². The first-order valence-corrected chi connectivity index (χ1v) is 3.33. The summed E-state index contributed by atoms with van der Waals surface area (Å²) in [7, 11) is 0. The lowest BCUT2D eigenvalue weighted by Gasteiger charge is -2.11. The van der Waals surface area contributed by atoms with E-state index in [9.17, 15) is 4.79 Å². The fourth-order valence-electron chi connectivity index (χ4n) is 0.667. The second-order valence-corrected chi connectivity index (χ2v) is 2.80. The first kappa shape index (κ1) is 7.85. The summed E-state index contributed by atoms with van der Waals surface area (Å²) < 4.78 is 0. The molecule has 0 aliphatic heterocycles. The fraction of sp³-hybridized carbons (Fsp3) is 0.375. The zero-order valence-electron chi connectivity index (χ0n) is 6.53. The van der Waals surface area contributed by atoms with Gasteiger partial charge in [-0.05, 0) is 19.9 Å². The van der Waals surface area contributed by atoms with Crippen LogP contribution in [0.1, 0.15) is 19.7 Å². The molecular formula is C8H9N2O. The van der Waals surface area contributed by atoms with Crippen molar-refractivity contribution in [3.05, 3.63) is 24.3 Å². The molecule has 3 heteroatoms. The van der Waals surface area contributed by atoms with E-state index in [1.165, 1.54) is 0 Å². The predicted molar refractivity (Wildman–Crippen MR) is 40.8 cm³/mol. The molecule has 0 fully saturated rings. The first-order valence-electron chi connectivity index (χ1n) is 3.33. The van der Waals surface area contributed by atoms with Gasteiger partial charge in [0.1, 0.15) is 5.82 Å². The third kappa shape index (κ3) is 1.61. The molecule has 1 heterocycles. The van der Waals surface area contributed by atoms with Gasteiger partial charge in [0, 0.05) is 12.4 Å². The Labute approximate surface area is 65.5 Å². The summed E-state index contributed by atoms with van der Waals surface area (Å²) in [5.41, 5.74) is -0.693. The highest BCUT2D eigenvalue weighted by Crippen LogP contribution is 2.14. The van der Waals surface area contributed by atoms with E-state index in [1.807, 2.05) is 6.29 Å². The summed E-state index contributed by atoms with van der Waals surface area (Å²) in [6.45, 7) is 3.46. The molecule has 0 aliphatic rings. The van der Waals surface area contributed by atoms with E-state index in [2.05, 4.69) is 9.97 Å². The van der Waals surface area contributed by atoms with Gasteiger partial charge in [-0.2, -0.15) is 0 Å². The average molecular weight is 149 g/mol. The SMILES string of the molecule is CC(C)([C]=O)c1ncccn1. The lowest BCUT2D eigenvalue weighted by atomic mass is 9.95. The Balaban J connectivity index is 3.02. The third-order valence-corrected chi connectivity index (χ3v) is 1.38. The lowest BCUT2D eigenvalue weighted by molar-refractivity contribution is 0.507. The molecule has 0 saturated carbocycles. The van der Waals surface area contributed by atoms with Crippen LogP contribution in [-0.2, 0) is 10.2 Å². The Morgan fingerprint density at radius 1 is 1.36 bits per heavy atom. The Hall–Kier alpha value is -1.25. The molecule has 3 nitrogen and oxygen atoms in total. The summed E-state index contributed by atoms with van der Waals surface area (Å²) in [6.07, 6.45) is 5.11.